The number of rotatable bonds is 5. The molecular weight excluding hydrogens is 242 g/mol. The molecule has 0 aliphatic heterocycles. The van der Waals surface area contributed by atoms with Gasteiger partial charge in [-0.2, -0.15) is 5.10 Å². The van der Waals surface area contributed by atoms with Crippen LogP contribution in [-0.2, 0) is 11.3 Å². The first-order chi connectivity index (χ1) is 7.91. The summed E-state index contributed by atoms with van der Waals surface area (Å²) in [6.45, 7) is 5.93. The first-order valence-electron chi connectivity index (χ1n) is 5.56. The zero-order valence-electron chi connectivity index (χ0n) is 10.3. The average Bonchev–Trinajstić information content (AvgIpc) is 2.46. The molecule has 1 atom stereocenters. The van der Waals surface area contributed by atoms with E-state index in [1.807, 2.05) is 6.92 Å². The Bertz CT molecular complexity index is 402. The molecule has 17 heavy (non-hydrogen) atoms. The summed E-state index contributed by atoms with van der Waals surface area (Å²) in [7, 11) is 0. The van der Waals surface area contributed by atoms with Crippen molar-refractivity contribution < 1.29 is 9.90 Å². The smallest absolute Gasteiger partial charge is 0.241 e. The molecule has 1 amide bonds. The quantitative estimate of drug-likeness (QED) is 0.830. The van der Waals surface area contributed by atoms with Gasteiger partial charge in [-0.1, -0.05) is 11.6 Å². The fourth-order valence-corrected chi connectivity index (χ4v) is 1.58. The van der Waals surface area contributed by atoms with E-state index >= 15 is 0 Å². The second-order valence-corrected chi connectivity index (χ2v) is 4.51. The van der Waals surface area contributed by atoms with Crippen molar-refractivity contribution in [3.63, 3.8) is 0 Å². The maximum absolute atomic E-state index is 11.6. The van der Waals surface area contributed by atoms with Gasteiger partial charge in [0.15, 0.2) is 0 Å². The maximum atomic E-state index is 11.6. The lowest BCUT2D eigenvalue weighted by atomic mass is 10.3. The van der Waals surface area contributed by atoms with Crippen LogP contribution in [0.4, 0.5) is 0 Å². The van der Waals surface area contributed by atoms with Gasteiger partial charge in [-0.25, -0.2) is 0 Å². The Hall–Kier alpha value is -1.07. The lowest BCUT2D eigenvalue weighted by molar-refractivity contribution is -0.121. The van der Waals surface area contributed by atoms with Crippen LogP contribution >= 0.6 is 11.6 Å². The molecule has 0 spiro atoms. The van der Waals surface area contributed by atoms with Gasteiger partial charge < -0.3 is 10.4 Å². The summed E-state index contributed by atoms with van der Waals surface area (Å²) in [4.78, 5) is 11.6. The van der Waals surface area contributed by atoms with Gasteiger partial charge in [-0.05, 0) is 27.2 Å². The molecule has 1 aromatic heterocycles. The average molecular weight is 260 g/mol. The van der Waals surface area contributed by atoms with E-state index in [-0.39, 0.29) is 12.5 Å². The highest BCUT2D eigenvalue weighted by atomic mass is 35.5. The van der Waals surface area contributed by atoms with E-state index in [4.69, 9.17) is 16.7 Å². The van der Waals surface area contributed by atoms with E-state index in [0.717, 1.165) is 11.4 Å². The van der Waals surface area contributed by atoms with Crippen LogP contribution in [0.2, 0.25) is 5.02 Å². The van der Waals surface area contributed by atoms with Crippen molar-refractivity contribution in [1.82, 2.24) is 15.1 Å². The molecule has 0 radical (unpaired) electrons. The number of carbonyl (C=O) groups excluding carboxylic acids is 1. The fourth-order valence-electron chi connectivity index (χ4n) is 1.44. The van der Waals surface area contributed by atoms with Crippen molar-refractivity contribution in [2.75, 3.05) is 6.54 Å². The molecule has 0 saturated carbocycles. The number of halogens is 1. The van der Waals surface area contributed by atoms with Crippen molar-refractivity contribution >= 4 is 17.5 Å². The molecule has 1 unspecified atom stereocenters. The molecule has 0 bridgehead atoms. The highest BCUT2D eigenvalue weighted by molar-refractivity contribution is 6.31. The van der Waals surface area contributed by atoms with Gasteiger partial charge in [0, 0.05) is 6.54 Å². The summed E-state index contributed by atoms with van der Waals surface area (Å²) in [5.41, 5.74) is 1.51. The van der Waals surface area contributed by atoms with Gasteiger partial charge in [-0.3, -0.25) is 9.48 Å². The van der Waals surface area contributed by atoms with Crippen LogP contribution in [0.5, 0.6) is 0 Å². The summed E-state index contributed by atoms with van der Waals surface area (Å²) in [6, 6.07) is 0. The van der Waals surface area contributed by atoms with E-state index < -0.39 is 6.10 Å². The molecule has 0 aliphatic carbocycles. The van der Waals surface area contributed by atoms with Gasteiger partial charge in [0.25, 0.3) is 0 Å². The number of hydrogen-bond donors (Lipinski definition) is 2. The Balaban J connectivity index is 2.48. The molecule has 1 heterocycles. The molecule has 96 valence electrons. The lowest BCUT2D eigenvalue weighted by Crippen LogP contribution is -2.30. The van der Waals surface area contributed by atoms with Gasteiger partial charge in [0.2, 0.25) is 5.91 Å². The number of amides is 1. The standard InChI is InChI=1S/C11H18ClN3O2/c1-7(16)4-5-13-10(17)6-15-9(3)11(12)8(2)14-15/h7,16H,4-6H2,1-3H3,(H,13,17). The van der Waals surface area contributed by atoms with Gasteiger partial charge in [-0.15, -0.1) is 0 Å². The molecular formula is C11H18ClN3O2. The Kier molecular flexibility index (Phi) is 4.96. The number of nitrogens with zero attached hydrogens (tertiary/aromatic N) is 2. The Morgan fingerprint density at radius 2 is 2.24 bits per heavy atom. The zero-order valence-corrected chi connectivity index (χ0v) is 11.1. The number of aliphatic hydroxyl groups is 1. The van der Waals surface area contributed by atoms with Gasteiger partial charge in [0.1, 0.15) is 6.54 Å². The molecule has 5 nitrogen and oxygen atoms in total. The normalized spacial score (nSPS) is 12.5. The minimum atomic E-state index is -0.404. The Labute approximate surface area is 106 Å². The maximum Gasteiger partial charge on any atom is 0.241 e. The molecule has 6 heteroatoms. The zero-order chi connectivity index (χ0) is 13.0. The first-order valence-corrected chi connectivity index (χ1v) is 5.94. The monoisotopic (exact) mass is 259 g/mol. The summed E-state index contributed by atoms with van der Waals surface area (Å²) in [6.07, 6.45) is 0.141. The molecule has 0 aliphatic rings. The summed E-state index contributed by atoms with van der Waals surface area (Å²) >= 11 is 5.98. The Morgan fingerprint density at radius 1 is 1.59 bits per heavy atom. The summed E-state index contributed by atoms with van der Waals surface area (Å²) in [5, 5.41) is 16.5. The second-order valence-electron chi connectivity index (χ2n) is 4.13. The summed E-state index contributed by atoms with van der Waals surface area (Å²) in [5.74, 6) is -0.132. The third-order valence-electron chi connectivity index (χ3n) is 2.47. The summed E-state index contributed by atoms with van der Waals surface area (Å²) < 4.78 is 1.58. The van der Waals surface area contributed by atoms with Gasteiger partial charge >= 0.3 is 0 Å². The highest BCUT2D eigenvalue weighted by Crippen LogP contribution is 2.18. The van der Waals surface area contributed by atoms with Crippen LogP contribution in [-0.4, -0.2) is 33.4 Å². The van der Waals surface area contributed by atoms with Crippen molar-refractivity contribution in [2.45, 2.75) is 39.8 Å². The largest absolute Gasteiger partial charge is 0.393 e. The van der Waals surface area contributed by atoms with Crippen LogP contribution in [0.3, 0.4) is 0 Å². The molecule has 2 N–H and O–H groups in total. The molecule has 0 fully saturated rings. The van der Waals surface area contributed by atoms with E-state index in [9.17, 15) is 4.79 Å². The Morgan fingerprint density at radius 3 is 2.71 bits per heavy atom. The van der Waals surface area contributed by atoms with Crippen molar-refractivity contribution in [2.24, 2.45) is 0 Å². The molecule has 0 saturated heterocycles. The number of aryl methyl sites for hydroxylation is 1. The molecule has 1 aromatic rings. The van der Waals surface area contributed by atoms with Crippen LogP contribution in [0.1, 0.15) is 24.7 Å². The second kappa shape index (κ2) is 6.02. The number of nitrogens with one attached hydrogen (secondary N) is 1. The van der Waals surface area contributed by atoms with E-state index in [0.29, 0.717) is 18.0 Å². The topological polar surface area (TPSA) is 67.2 Å². The fraction of sp³-hybridized carbons (Fsp3) is 0.636. The van der Waals surface area contributed by atoms with Crippen LogP contribution < -0.4 is 5.32 Å². The minimum absolute atomic E-state index is 0.132. The molecule has 1 rings (SSSR count). The van der Waals surface area contributed by atoms with Crippen molar-refractivity contribution in [3.8, 4) is 0 Å². The van der Waals surface area contributed by atoms with Crippen molar-refractivity contribution in [1.29, 1.82) is 0 Å². The highest BCUT2D eigenvalue weighted by Gasteiger charge is 2.11. The van der Waals surface area contributed by atoms with Crippen molar-refractivity contribution in [3.05, 3.63) is 16.4 Å². The van der Waals surface area contributed by atoms with Gasteiger partial charge in [0.05, 0.1) is 22.5 Å². The number of aromatic nitrogens is 2. The van der Waals surface area contributed by atoms with Crippen LogP contribution in [0.25, 0.3) is 0 Å². The first kappa shape index (κ1) is 14.0. The lowest BCUT2D eigenvalue weighted by Gasteiger charge is -2.07. The molecule has 0 aromatic carbocycles. The third kappa shape index (κ3) is 4.02. The van der Waals surface area contributed by atoms with E-state index in [1.54, 1.807) is 18.5 Å². The number of hydrogen-bond acceptors (Lipinski definition) is 3. The number of carbonyl (C=O) groups is 1. The minimum Gasteiger partial charge on any atom is -0.393 e. The van der Waals surface area contributed by atoms with E-state index in [1.165, 1.54) is 0 Å². The van der Waals surface area contributed by atoms with Crippen LogP contribution in [0.15, 0.2) is 0 Å². The predicted octanol–water partition coefficient (Wildman–Crippen LogP) is 1.04. The predicted molar refractivity (Wildman–Crippen MR) is 66.0 cm³/mol. The van der Waals surface area contributed by atoms with Crippen LogP contribution in [0, 0.1) is 13.8 Å². The number of aliphatic hydroxyl groups excluding tert-OH is 1. The SMILES string of the molecule is Cc1nn(CC(=O)NCCC(C)O)c(C)c1Cl. The van der Waals surface area contributed by atoms with E-state index in [2.05, 4.69) is 10.4 Å². The third-order valence-corrected chi connectivity index (χ3v) is 3.02.